The third kappa shape index (κ3) is 3.37. The third-order valence-corrected chi connectivity index (χ3v) is 3.93. The number of hydrogen-bond acceptors (Lipinski definition) is 4. The highest BCUT2D eigenvalue weighted by molar-refractivity contribution is 6.30. The summed E-state index contributed by atoms with van der Waals surface area (Å²) in [4.78, 5) is 11.2. The molecule has 1 aliphatic rings. The lowest BCUT2D eigenvalue weighted by Crippen LogP contribution is -2.38. The molecule has 0 aliphatic carbocycles. The number of aromatic nitrogens is 2. The monoisotopic (exact) mass is 283 g/mol. The molecule has 0 bridgehead atoms. The molecule has 1 atom stereocenters. The number of halogens is 1. The van der Waals surface area contributed by atoms with E-state index in [2.05, 4.69) is 21.8 Å². The molecule has 5 heteroatoms. The molecule has 2 rings (SSSR count). The molecule has 1 fully saturated rings. The summed E-state index contributed by atoms with van der Waals surface area (Å²) in [6.07, 6.45) is 3.27. The van der Waals surface area contributed by atoms with Crippen LogP contribution in [0.5, 0.6) is 0 Å². The Hall–Kier alpha value is -0.870. The first-order valence-corrected chi connectivity index (χ1v) is 7.30. The lowest BCUT2D eigenvalue weighted by atomic mass is 9.98. The topological polar surface area (TPSA) is 38.2 Å². The quantitative estimate of drug-likeness (QED) is 0.797. The van der Waals surface area contributed by atoms with Crippen LogP contribution in [0, 0.1) is 12.8 Å². The van der Waals surface area contributed by atoms with E-state index in [1.165, 1.54) is 12.8 Å². The molecule has 0 spiro atoms. The Kier molecular flexibility index (Phi) is 4.99. The minimum absolute atomic E-state index is 0.581. The van der Waals surface area contributed by atoms with Crippen molar-refractivity contribution in [3.05, 3.63) is 16.5 Å². The average Bonchev–Trinajstić information content (AvgIpc) is 2.38. The Morgan fingerprint density at radius 2 is 2.21 bits per heavy atom. The van der Waals surface area contributed by atoms with Crippen LogP contribution in [0.4, 0.5) is 5.82 Å². The fourth-order valence-corrected chi connectivity index (χ4v) is 3.08. The van der Waals surface area contributed by atoms with Crippen molar-refractivity contribution in [2.45, 2.75) is 33.1 Å². The second-order valence-electron chi connectivity index (χ2n) is 5.13. The van der Waals surface area contributed by atoms with E-state index in [9.17, 15) is 0 Å². The van der Waals surface area contributed by atoms with Crippen molar-refractivity contribution in [3.63, 3.8) is 0 Å². The van der Waals surface area contributed by atoms with Gasteiger partial charge < -0.3 is 9.64 Å². The van der Waals surface area contributed by atoms with Crippen LogP contribution >= 0.6 is 11.6 Å². The lowest BCUT2D eigenvalue weighted by molar-refractivity contribution is 0.143. The van der Waals surface area contributed by atoms with E-state index in [1.54, 1.807) is 7.11 Å². The Morgan fingerprint density at radius 1 is 1.42 bits per heavy atom. The molecule has 19 heavy (non-hydrogen) atoms. The molecule has 106 valence electrons. The number of nitrogens with zero attached hydrogens (tertiary/aromatic N) is 3. The van der Waals surface area contributed by atoms with E-state index >= 15 is 0 Å². The molecule has 1 aliphatic heterocycles. The van der Waals surface area contributed by atoms with Crippen LogP contribution in [0.25, 0.3) is 0 Å². The summed E-state index contributed by atoms with van der Waals surface area (Å²) < 4.78 is 5.28. The number of aryl methyl sites for hydroxylation is 1. The van der Waals surface area contributed by atoms with Gasteiger partial charge in [-0.25, -0.2) is 9.97 Å². The van der Waals surface area contributed by atoms with Crippen LogP contribution < -0.4 is 4.90 Å². The molecule has 0 N–H and O–H groups in total. The van der Waals surface area contributed by atoms with Gasteiger partial charge in [-0.1, -0.05) is 18.5 Å². The molecule has 1 saturated heterocycles. The summed E-state index contributed by atoms with van der Waals surface area (Å²) in [5.41, 5.74) is 1.06. The van der Waals surface area contributed by atoms with E-state index in [4.69, 9.17) is 16.3 Å². The van der Waals surface area contributed by atoms with Crippen LogP contribution in [-0.4, -0.2) is 36.8 Å². The predicted molar refractivity (Wildman–Crippen MR) is 78.0 cm³/mol. The van der Waals surface area contributed by atoms with Gasteiger partial charge in [0.2, 0.25) is 0 Å². The summed E-state index contributed by atoms with van der Waals surface area (Å²) in [6.45, 7) is 6.84. The zero-order valence-electron chi connectivity index (χ0n) is 11.9. The van der Waals surface area contributed by atoms with Gasteiger partial charge >= 0.3 is 0 Å². The number of hydrogen-bond donors (Lipinski definition) is 0. The van der Waals surface area contributed by atoms with Crippen LogP contribution in [0.3, 0.4) is 0 Å². The Balaban J connectivity index is 2.25. The van der Waals surface area contributed by atoms with Gasteiger partial charge in [0, 0.05) is 25.8 Å². The molecule has 2 heterocycles. The highest BCUT2D eigenvalue weighted by Crippen LogP contribution is 2.28. The van der Waals surface area contributed by atoms with Crippen molar-refractivity contribution >= 4 is 17.4 Å². The maximum absolute atomic E-state index is 6.25. The highest BCUT2D eigenvalue weighted by atomic mass is 35.5. The van der Waals surface area contributed by atoms with Gasteiger partial charge in [-0.2, -0.15) is 0 Å². The molecule has 0 saturated carbocycles. The minimum Gasteiger partial charge on any atom is -0.384 e. The van der Waals surface area contributed by atoms with E-state index in [0.29, 0.717) is 11.1 Å². The number of methoxy groups -OCH3 is 1. The Morgan fingerprint density at radius 3 is 2.89 bits per heavy atom. The number of anilines is 1. The van der Waals surface area contributed by atoms with Gasteiger partial charge in [0.25, 0.3) is 0 Å². The van der Waals surface area contributed by atoms with Crippen molar-refractivity contribution < 1.29 is 4.74 Å². The third-order valence-electron chi connectivity index (χ3n) is 3.62. The molecule has 0 radical (unpaired) electrons. The molecule has 0 amide bonds. The molecular weight excluding hydrogens is 262 g/mol. The summed E-state index contributed by atoms with van der Waals surface area (Å²) >= 11 is 6.25. The lowest BCUT2D eigenvalue weighted by Gasteiger charge is -2.34. The second-order valence-corrected chi connectivity index (χ2v) is 5.48. The summed E-state index contributed by atoms with van der Waals surface area (Å²) in [7, 11) is 1.77. The second kappa shape index (κ2) is 6.53. The van der Waals surface area contributed by atoms with Crippen molar-refractivity contribution in [1.82, 2.24) is 9.97 Å². The van der Waals surface area contributed by atoms with E-state index < -0.39 is 0 Å². The van der Waals surface area contributed by atoms with Crippen molar-refractivity contribution in [3.8, 4) is 0 Å². The van der Waals surface area contributed by atoms with Gasteiger partial charge in [-0.05, 0) is 32.1 Å². The summed E-state index contributed by atoms with van der Waals surface area (Å²) in [5, 5.41) is 0.596. The van der Waals surface area contributed by atoms with E-state index in [-0.39, 0.29) is 0 Å². The zero-order chi connectivity index (χ0) is 13.8. The first-order chi connectivity index (χ1) is 9.15. The van der Waals surface area contributed by atoms with Crippen molar-refractivity contribution in [2.24, 2.45) is 5.92 Å². The average molecular weight is 284 g/mol. The van der Waals surface area contributed by atoms with Crippen molar-refractivity contribution in [1.29, 1.82) is 0 Å². The first-order valence-electron chi connectivity index (χ1n) is 6.92. The summed E-state index contributed by atoms with van der Waals surface area (Å²) in [5.74, 6) is 2.34. The number of piperidine rings is 1. The van der Waals surface area contributed by atoms with E-state index in [0.717, 1.165) is 43.3 Å². The number of rotatable bonds is 4. The van der Waals surface area contributed by atoms with Crippen molar-refractivity contribution in [2.75, 3.05) is 31.7 Å². The SMILES string of the molecule is CCc1c(Cl)nc(C)nc1N1CCCC(COC)C1. The normalized spacial score (nSPS) is 19.8. The molecule has 1 aromatic rings. The van der Waals surface area contributed by atoms with Gasteiger partial charge in [0.05, 0.1) is 6.61 Å². The largest absolute Gasteiger partial charge is 0.384 e. The molecule has 1 aromatic heterocycles. The maximum Gasteiger partial charge on any atom is 0.138 e. The zero-order valence-corrected chi connectivity index (χ0v) is 12.7. The van der Waals surface area contributed by atoms with Gasteiger partial charge in [0.15, 0.2) is 0 Å². The molecule has 0 aromatic carbocycles. The highest BCUT2D eigenvalue weighted by Gasteiger charge is 2.23. The smallest absolute Gasteiger partial charge is 0.138 e. The molecular formula is C14H22ClN3O. The van der Waals surface area contributed by atoms with Crippen LogP contribution in [0.1, 0.15) is 31.2 Å². The van der Waals surface area contributed by atoms with Crippen LogP contribution in [-0.2, 0) is 11.2 Å². The maximum atomic E-state index is 6.25. The predicted octanol–water partition coefficient (Wildman–Crippen LogP) is 2.86. The minimum atomic E-state index is 0.581. The van der Waals surface area contributed by atoms with Gasteiger partial charge in [-0.15, -0.1) is 0 Å². The Labute approximate surface area is 120 Å². The summed E-state index contributed by atoms with van der Waals surface area (Å²) in [6, 6.07) is 0. The van der Waals surface area contributed by atoms with E-state index in [1.807, 2.05) is 6.92 Å². The molecule has 1 unspecified atom stereocenters. The fraction of sp³-hybridized carbons (Fsp3) is 0.714. The standard InChI is InChI=1S/C14H22ClN3O/c1-4-12-13(15)16-10(2)17-14(12)18-7-5-6-11(8-18)9-19-3/h11H,4-9H2,1-3H3. The van der Waals surface area contributed by atoms with Crippen LogP contribution in [0.2, 0.25) is 5.15 Å². The first kappa shape index (κ1) is 14.5. The van der Waals surface area contributed by atoms with Crippen LogP contribution in [0.15, 0.2) is 0 Å². The fourth-order valence-electron chi connectivity index (χ4n) is 2.74. The molecule has 4 nitrogen and oxygen atoms in total. The van der Waals surface area contributed by atoms with Gasteiger partial charge in [0.1, 0.15) is 16.8 Å². The Bertz CT molecular complexity index is 437. The van der Waals surface area contributed by atoms with Gasteiger partial charge in [-0.3, -0.25) is 0 Å². The number of ether oxygens (including phenoxy) is 1.